The third kappa shape index (κ3) is 4.27. The summed E-state index contributed by atoms with van der Waals surface area (Å²) in [5, 5.41) is 5.66. The van der Waals surface area contributed by atoms with E-state index in [1.54, 1.807) is 24.4 Å². The van der Waals surface area contributed by atoms with Gasteiger partial charge in [0.2, 0.25) is 15.9 Å². The number of nitrogens with zero attached hydrogens (tertiary/aromatic N) is 3. The second-order valence-electron chi connectivity index (χ2n) is 8.96. The van der Waals surface area contributed by atoms with Crippen molar-refractivity contribution < 1.29 is 17.9 Å². The molecule has 2 aromatic heterocycles. The number of hydrogen-bond acceptors (Lipinski definition) is 6. The standard InChI is InChI=1S/C22H24N4O4S/c1-22(9-10-22)13-30-19-8-6-16(12-23-19)26-18-7-5-15(21(27)25-31(2,28)29)11-17(18)20(24-26)14-3-4-14/h5-8,11-12,14H,3-4,9-10,13H2,1-2H3,(H,25,27). The van der Waals surface area contributed by atoms with Crippen LogP contribution in [-0.2, 0) is 10.0 Å². The summed E-state index contributed by atoms with van der Waals surface area (Å²) in [6, 6.07) is 8.89. The Morgan fingerprint density at radius 1 is 1.26 bits per heavy atom. The number of amides is 1. The molecular formula is C22H24N4O4S. The molecule has 9 heteroatoms. The Bertz CT molecular complexity index is 1270. The van der Waals surface area contributed by atoms with Gasteiger partial charge in [0, 0.05) is 28.3 Å². The minimum atomic E-state index is -3.63. The molecule has 0 atom stereocenters. The largest absolute Gasteiger partial charge is 0.477 e. The van der Waals surface area contributed by atoms with Gasteiger partial charge in [-0.2, -0.15) is 5.10 Å². The first-order chi connectivity index (χ1) is 14.7. The van der Waals surface area contributed by atoms with E-state index in [0.29, 0.717) is 23.8 Å². The first-order valence-corrected chi connectivity index (χ1v) is 12.2. The highest BCUT2D eigenvalue weighted by Crippen LogP contribution is 2.45. The molecule has 0 spiro atoms. The minimum absolute atomic E-state index is 0.287. The number of hydrogen-bond donors (Lipinski definition) is 1. The molecule has 0 saturated heterocycles. The van der Waals surface area contributed by atoms with Crippen molar-refractivity contribution in [3.05, 3.63) is 47.8 Å². The maximum Gasteiger partial charge on any atom is 0.264 e. The SMILES string of the molecule is CC1(COc2ccc(-n3nc(C4CC4)c4cc(C(=O)NS(C)(=O)=O)ccc43)cn2)CC1. The molecule has 2 fully saturated rings. The third-order valence-corrected chi connectivity index (χ3v) is 6.41. The molecule has 8 nitrogen and oxygen atoms in total. The number of pyridine rings is 1. The lowest BCUT2D eigenvalue weighted by molar-refractivity contribution is 0.0982. The fourth-order valence-corrected chi connectivity index (χ4v) is 4.01. The van der Waals surface area contributed by atoms with Crippen LogP contribution < -0.4 is 9.46 Å². The summed E-state index contributed by atoms with van der Waals surface area (Å²) < 4.78 is 32.5. The molecule has 162 valence electrons. The van der Waals surface area contributed by atoms with Crippen LogP contribution in [0.3, 0.4) is 0 Å². The fourth-order valence-electron chi connectivity index (χ4n) is 3.55. The Labute approximate surface area is 180 Å². The highest BCUT2D eigenvalue weighted by atomic mass is 32.2. The van der Waals surface area contributed by atoms with Gasteiger partial charge in [-0.05, 0) is 49.9 Å². The monoisotopic (exact) mass is 440 g/mol. The zero-order chi connectivity index (χ0) is 21.8. The number of carbonyl (C=O) groups is 1. The zero-order valence-corrected chi connectivity index (χ0v) is 18.3. The van der Waals surface area contributed by atoms with Crippen molar-refractivity contribution in [3.63, 3.8) is 0 Å². The molecule has 5 rings (SSSR count). The average Bonchev–Trinajstić information content (AvgIpc) is 3.65. The van der Waals surface area contributed by atoms with Gasteiger partial charge >= 0.3 is 0 Å². The Morgan fingerprint density at radius 2 is 2.03 bits per heavy atom. The highest BCUT2D eigenvalue weighted by Gasteiger charge is 2.38. The molecule has 1 N–H and O–H groups in total. The quantitative estimate of drug-likeness (QED) is 0.605. The Kier molecular flexibility index (Phi) is 4.55. The zero-order valence-electron chi connectivity index (χ0n) is 17.5. The Hall–Kier alpha value is -2.94. The minimum Gasteiger partial charge on any atom is -0.477 e. The molecule has 0 radical (unpaired) electrons. The van der Waals surface area contributed by atoms with Crippen LogP contribution in [0.1, 0.15) is 54.6 Å². The predicted octanol–water partition coefficient (Wildman–Crippen LogP) is 3.17. The number of sulfonamides is 1. The smallest absolute Gasteiger partial charge is 0.264 e. The van der Waals surface area contributed by atoms with Gasteiger partial charge < -0.3 is 4.74 Å². The summed E-state index contributed by atoms with van der Waals surface area (Å²) in [6.45, 7) is 2.88. The predicted molar refractivity (Wildman–Crippen MR) is 116 cm³/mol. The summed E-state index contributed by atoms with van der Waals surface area (Å²) in [6.07, 6.45) is 7.18. The molecule has 0 aliphatic heterocycles. The number of rotatable bonds is 7. The van der Waals surface area contributed by atoms with E-state index in [0.717, 1.165) is 41.4 Å². The van der Waals surface area contributed by atoms with Gasteiger partial charge in [-0.25, -0.2) is 22.8 Å². The van der Waals surface area contributed by atoms with Crippen LogP contribution in [-0.4, -0.2) is 42.0 Å². The summed E-state index contributed by atoms with van der Waals surface area (Å²) in [5.41, 5.74) is 3.15. The van der Waals surface area contributed by atoms with Gasteiger partial charge in [-0.3, -0.25) is 4.79 Å². The van der Waals surface area contributed by atoms with Crippen LogP contribution in [0.15, 0.2) is 36.5 Å². The number of aromatic nitrogens is 3. The highest BCUT2D eigenvalue weighted by molar-refractivity contribution is 7.89. The van der Waals surface area contributed by atoms with Crippen LogP contribution in [0.2, 0.25) is 0 Å². The first kappa shape index (κ1) is 20.0. The average molecular weight is 441 g/mol. The van der Waals surface area contributed by atoms with Crippen molar-refractivity contribution >= 4 is 26.8 Å². The molecule has 3 aromatic rings. The van der Waals surface area contributed by atoms with E-state index in [1.807, 2.05) is 21.5 Å². The van der Waals surface area contributed by atoms with E-state index < -0.39 is 15.9 Å². The maximum absolute atomic E-state index is 12.3. The Morgan fingerprint density at radius 3 is 2.65 bits per heavy atom. The fraction of sp³-hybridized carbons (Fsp3) is 0.409. The summed E-state index contributed by atoms with van der Waals surface area (Å²) in [5.74, 6) is 0.300. The second-order valence-corrected chi connectivity index (χ2v) is 10.7. The molecule has 2 saturated carbocycles. The number of benzene rings is 1. The molecular weight excluding hydrogens is 416 g/mol. The molecule has 2 aliphatic carbocycles. The number of fused-ring (bicyclic) bond motifs is 1. The first-order valence-electron chi connectivity index (χ1n) is 10.3. The van der Waals surface area contributed by atoms with Crippen molar-refractivity contribution in [1.29, 1.82) is 0 Å². The topological polar surface area (TPSA) is 103 Å². The van der Waals surface area contributed by atoms with Gasteiger partial charge in [-0.15, -0.1) is 0 Å². The second kappa shape index (κ2) is 7.05. The lowest BCUT2D eigenvalue weighted by atomic mass is 10.1. The van der Waals surface area contributed by atoms with Crippen LogP contribution in [0, 0.1) is 5.41 Å². The van der Waals surface area contributed by atoms with Crippen molar-refractivity contribution in [2.75, 3.05) is 12.9 Å². The molecule has 0 bridgehead atoms. The van der Waals surface area contributed by atoms with Crippen molar-refractivity contribution in [2.24, 2.45) is 5.41 Å². The molecule has 2 aliphatic rings. The lowest BCUT2D eigenvalue weighted by Crippen LogP contribution is -2.29. The van der Waals surface area contributed by atoms with Crippen LogP contribution in [0.5, 0.6) is 5.88 Å². The third-order valence-electron chi connectivity index (χ3n) is 5.85. The van der Waals surface area contributed by atoms with Crippen molar-refractivity contribution in [1.82, 2.24) is 19.5 Å². The molecule has 31 heavy (non-hydrogen) atoms. The van der Waals surface area contributed by atoms with Crippen LogP contribution in [0.25, 0.3) is 16.6 Å². The summed E-state index contributed by atoms with van der Waals surface area (Å²) in [7, 11) is -3.63. The van der Waals surface area contributed by atoms with Gasteiger partial charge in [0.1, 0.15) is 0 Å². The van der Waals surface area contributed by atoms with Gasteiger partial charge in [0.15, 0.2) is 0 Å². The van der Waals surface area contributed by atoms with E-state index in [2.05, 4.69) is 11.9 Å². The summed E-state index contributed by atoms with van der Waals surface area (Å²) >= 11 is 0. The molecule has 0 unspecified atom stereocenters. The lowest BCUT2D eigenvalue weighted by Gasteiger charge is -2.10. The molecule has 1 aromatic carbocycles. The van der Waals surface area contributed by atoms with E-state index >= 15 is 0 Å². The van der Waals surface area contributed by atoms with E-state index in [4.69, 9.17) is 9.84 Å². The molecule has 1 amide bonds. The number of ether oxygens (including phenoxy) is 1. The number of nitrogens with one attached hydrogen (secondary N) is 1. The number of carbonyl (C=O) groups excluding carboxylic acids is 1. The van der Waals surface area contributed by atoms with Gasteiger partial charge in [0.05, 0.1) is 36.0 Å². The normalized spacial score (nSPS) is 17.5. The van der Waals surface area contributed by atoms with Gasteiger partial charge in [-0.1, -0.05) is 6.92 Å². The van der Waals surface area contributed by atoms with Crippen molar-refractivity contribution in [3.8, 4) is 11.6 Å². The maximum atomic E-state index is 12.3. The summed E-state index contributed by atoms with van der Waals surface area (Å²) in [4.78, 5) is 16.7. The molecule has 2 heterocycles. The van der Waals surface area contributed by atoms with Gasteiger partial charge in [0.25, 0.3) is 5.91 Å². The van der Waals surface area contributed by atoms with Crippen LogP contribution >= 0.6 is 0 Å². The van der Waals surface area contributed by atoms with E-state index in [1.165, 1.54) is 12.8 Å². The van der Waals surface area contributed by atoms with Crippen molar-refractivity contribution in [2.45, 2.75) is 38.5 Å². The Balaban J connectivity index is 1.47. The van der Waals surface area contributed by atoms with E-state index in [9.17, 15) is 13.2 Å². The van der Waals surface area contributed by atoms with E-state index in [-0.39, 0.29) is 5.56 Å². The van der Waals surface area contributed by atoms with Crippen LogP contribution in [0.4, 0.5) is 0 Å².